The number of aliphatic carboxylic acids is 1. The van der Waals surface area contributed by atoms with E-state index in [0.29, 0.717) is 0 Å². The molecule has 0 saturated carbocycles. The number of hydrogen-bond acceptors (Lipinski definition) is 2. The predicted octanol–water partition coefficient (Wildman–Crippen LogP) is 2.39. The number of carbonyl (C=O) groups is 1. The summed E-state index contributed by atoms with van der Waals surface area (Å²) in [6, 6.07) is 5.41. The molecule has 2 N–H and O–H groups in total. The second kappa shape index (κ2) is 4.44. The predicted molar refractivity (Wildman–Crippen MR) is 62.7 cm³/mol. The third kappa shape index (κ3) is 2.20. The molecule has 86 valence electrons. The maximum atomic E-state index is 10.8. The van der Waals surface area contributed by atoms with Crippen molar-refractivity contribution in [2.24, 2.45) is 0 Å². The smallest absolute Gasteiger partial charge is 0.320 e. The standard InChI is InChI=1S/C12H14ClNO2/c1-7(12(15)16)14-11-5-2-8-6-9(13)3-4-10(8)11/h3-4,6-7,11,14H,2,5H2,1H3,(H,15,16). The first-order valence-corrected chi connectivity index (χ1v) is 5.73. The highest BCUT2D eigenvalue weighted by Gasteiger charge is 2.25. The molecule has 1 aromatic rings. The van der Waals surface area contributed by atoms with E-state index in [0.717, 1.165) is 17.9 Å². The Kier molecular flexibility index (Phi) is 3.17. The third-order valence-electron chi connectivity index (χ3n) is 3.00. The van der Waals surface area contributed by atoms with Gasteiger partial charge in [-0.1, -0.05) is 17.7 Å². The van der Waals surface area contributed by atoms with Crippen molar-refractivity contribution in [3.63, 3.8) is 0 Å². The highest BCUT2D eigenvalue weighted by atomic mass is 35.5. The van der Waals surface area contributed by atoms with Crippen LogP contribution < -0.4 is 5.32 Å². The van der Waals surface area contributed by atoms with E-state index in [1.807, 2.05) is 18.2 Å². The van der Waals surface area contributed by atoms with Gasteiger partial charge in [0.1, 0.15) is 6.04 Å². The second-order valence-electron chi connectivity index (χ2n) is 4.16. The average molecular weight is 240 g/mol. The van der Waals surface area contributed by atoms with E-state index in [2.05, 4.69) is 5.32 Å². The van der Waals surface area contributed by atoms with Crippen molar-refractivity contribution in [2.75, 3.05) is 0 Å². The van der Waals surface area contributed by atoms with Crippen LogP contribution in [0.25, 0.3) is 0 Å². The Morgan fingerprint density at radius 1 is 1.62 bits per heavy atom. The number of fused-ring (bicyclic) bond motifs is 1. The zero-order valence-electron chi connectivity index (χ0n) is 9.03. The molecule has 0 spiro atoms. The van der Waals surface area contributed by atoms with Crippen molar-refractivity contribution in [3.05, 3.63) is 34.3 Å². The zero-order chi connectivity index (χ0) is 11.7. The first kappa shape index (κ1) is 11.4. The lowest BCUT2D eigenvalue weighted by atomic mass is 10.1. The van der Waals surface area contributed by atoms with Crippen LogP contribution in [0.3, 0.4) is 0 Å². The molecular formula is C12H14ClNO2. The summed E-state index contributed by atoms with van der Waals surface area (Å²) in [6.45, 7) is 1.66. The van der Waals surface area contributed by atoms with Gasteiger partial charge in [-0.25, -0.2) is 0 Å². The van der Waals surface area contributed by atoms with Crippen molar-refractivity contribution >= 4 is 17.6 Å². The van der Waals surface area contributed by atoms with Crippen molar-refractivity contribution in [3.8, 4) is 0 Å². The monoisotopic (exact) mass is 239 g/mol. The molecule has 0 fully saturated rings. The Bertz CT molecular complexity index is 419. The van der Waals surface area contributed by atoms with Crippen LogP contribution in [0.1, 0.15) is 30.5 Å². The van der Waals surface area contributed by atoms with Gasteiger partial charge in [0.05, 0.1) is 0 Å². The molecule has 0 radical (unpaired) electrons. The van der Waals surface area contributed by atoms with Gasteiger partial charge in [0, 0.05) is 11.1 Å². The van der Waals surface area contributed by atoms with Crippen molar-refractivity contribution in [2.45, 2.75) is 31.8 Å². The molecular weight excluding hydrogens is 226 g/mol. The molecule has 1 aliphatic carbocycles. The van der Waals surface area contributed by atoms with Gasteiger partial charge in [0.25, 0.3) is 0 Å². The molecule has 16 heavy (non-hydrogen) atoms. The number of carboxylic acid groups (broad SMARTS) is 1. The van der Waals surface area contributed by atoms with Gasteiger partial charge < -0.3 is 5.11 Å². The van der Waals surface area contributed by atoms with E-state index < -0.39 is 12.0 Å². The van der Waals surface area contributed by atoms with E-state index in [1.165, 1.54) is 11.1 Å². The summed E-state index contributed by atoms with van der Waals surface area (Å²) in [4.78, 5) is 10.8. The summed E-state index contributed by atoms with van der Waals surface area (Å²) in [5.74, 6) is -0.817. The topological polar surface area (TPSA) is 49.3 Å². The van der Waals surface area contributed by atoms with Crippen molar-refractivity contribution in [1.29, 1.82) is 0 Å². The Morgan fingerprint density at radius 2 is 2.38 bits per heavy atom. The molecule has 0 heterocycles. The zero-order valence-corrected chi connectivity index (χ0v) is 9.79. The van der Waals surface area contributed by atoms with Crippen molar-refractivity contribution in [1.82, 2.24) is 5.32 Å². The van der Waals surface area contributed by atoms with Crippen LogP contribution in [0.5, 0.6) is 0 Å². The SMILES string of the molecule is CC(NC1CCc2cc(Cl)ccc21)C(=O)O. The first-order valence-electron chi connectivity index (χ1n) is 5.35. The summed E-state index contributed by atoms with van der Waals surface area (Å²) < 4.78 is 0. The van der Waals surface area contributed by atoms with Crippen LogP contribution in [-0.2, 0) is 11.2 Å². The number of hydrogen-bond donors (Lipinski definition) is 2. The lowest BCUT2D eigenvalue weighted by Gasteiger charge is -2.17. The summed E-state index contributed by atoms with van der Waals surface area (Å²) in [5.41, 5.74) is 2.40. The molecule has 0 aromatic heterocycles. The minimum atomic E-state index is -0.817. The van der Waals surface area contributed by atoms with Gasteiger partial charge in [-0.05, 0) is 43.0 Å². The molecule has 4 heteroatoms. The molecule has 1 aromatic carbocycles. The molecule has 0 saturated heterocycles. The third-order valence-corrected chi connectivity index (χ3v) is 3.24. The first-order chi connectivity index (χ1) is 7.58. The van der Waals surface area contributed by atoms with Crippen LogP contribution in [0.2, 0.25) is 5.02 Å². The summed E-state index contributed by atoms with van der Waals surface area (Å²) >= 11 is 5.91. The molecule has 1 aliphatic rings. The Morgan fingerprint density at radius 3 is 3.06 bits per heavy atom. The van der Waals surface area contributed by atoms with Crippen LogP contribution in [0, 0.1) is 0 Å². The van der Waals surface area contributed by atoms with Gasteiger partial charge >= 0.3 is 5.97 Å². The van der Waals surface area contributed by atoms with E-state index in [9.17, 15) is 4.79 Å². The number of rotatable bonds is 3. The van der Waals surface area contributed by atoms with Gasteiger partial charge in [-0.3, -0.25) is 10.1 Å². The number of carboxylic acids is 1. The molecule has 2 unspecified atom stereocenters. The fourth-order valence-corrected chi connectivity index (χ4v) is 2.33. The van der Waals surface area contributed by atoms with E-state index in [-0.39, 0.29) is 6.04 Å². The number of benzene rings is 1. The van der Waals surface area contributed by atoms with Crippen LogP contribution >= 0.6 is 11.6 Å². The molecule has 0 aliphatic heterocycles. The highest BCUT2D eigenvalue weighted by Crippen LogP contribution is 2.33. The quantitative estimate of drug-likeness (QED) is 0.852. The van der Waals surface area contributed by atoms with E-state index in [1.54, 1.807) is 6.92 Å². The lowest BCUT2D eigenvalue weighted by Crippen LogP contribution is -2.35. The van der Waals surface area contributed by atoms with Gasteiger partial charge in [0.2, 0.25) is 0 Å². The number of nitrogens with one attached hydrogen (secondary N) is 1. The minimum absolute atomic E-state index is 0.137. The van der Waals surface area contributed by atoms with Gasteiger partial charge in [-0.15, -0.1) is 0 Å². The minimum Gasteiger partial charge on any atom is -0.480 e. The summed E-state index contributed by atoms with van der Waals surface area (Å²) in [7, 11) is 0. The van der Waals surface area contributed by atoms with E-state index >= 15 is 0 Å². The number of aryl methyl sites for hydroxylation is 1. The van der Waals surface area contributed by atoms with Crippen LogP contribution in [-0.4, -0.2) is 17.1 Å². The maximum absolute atomic E-state index is 10.8. The Balaban J connectivity index is 2.15. The summed E-state index contributed by atoms with van der Waals surface area (Å²) in [6.07, 6.45) is 1.90. The second-order valence-corrected chi connectivity index (χ2v) is 4.60. The Hall–Kier alpha value is -1.06. The molecule has 0 bridgehead atoms. The van der Waals surface area contributed by atoms with Crippen LogP contribution in [0.4, 0.5) is 0 Å². The largest absolute Gasteiger partial charge is 0.480 e. The fourth-order valence-electron chi connectivity index (χ4n) is 2.13. The molecule has 2 atom stereocenters. The normalized spacial score (nSPS) is 20.5. The van der Waals surface area contributed by atoms with Crippen LogP contribution in [0.15, 0.2) is 18.2 Å². The molecule has 3 nitrogen and oxygen atoms in total. The Labute approximate surface area is 99.4 Å². The lowest BCUT2D eigenvalue weighted by molar-refractivity contribution is -0.139. The van der Waals surface area contributed by atoms with E-state index in [4.69, 9.17) is 16.7 Å². The fraction of sp³-hybridized carbons (Fsp3) is 0.417. The average Bonchev–Trinajstić information content (AvgIpc) is 2.60. The number of halogens is 1. The molecule has 0 amide bonds. The van der Waals surface area contributed by atoms with Crippen molar-refractivity contribution < 1.29 is 9.90 Å². The molecule has 2 rings (SSSR count). The highest BCUT2D eigenvalue weighted by molar-refractivity contribution is 6.30. The maximum Gasteiger partial charge on any atom is 0.320 e. The van der Waals surface area contributed by atoms with Gasteiger partial charge in [0.15, 0.2) is 0 Å². The van der Waals surface area contributed by atoms with Gasteiger partial charge in [-0.2, -0.15) is 0 Å². The summed E-state index contributed by atoms with van der Waals surface area (Å²) in [5, 5.41) is 12.7.